The minimum Gasteiger partial charge on any atom is -0.462 e. The number of pyridine rings is 1. The van der Waals surface area contributed by atoms with E-state index in [0.29, 0.717) is 22.7 Å². The minimum atomic E-state index is -4.63. The van der Waals surface area contributed by atoms with Crippen LogP contribution in [0.1, 0.15) is 80.3 Å². The first-order valence-electron chi connectivity index (χ1n) is 11.1. The van der Waals surface area contributed by atoms with Crippen molar-refractivity contribution in [1.82, 2.24) is 4.98 Å². The molecule has 1 fully saturated rings. The Balaban J connectivity index is 1.56. The molecule has 0 bridgehead atoms. The molecule has 6 nitrogen and oxygen atoms in total. The molecule has 180 valence electrons. The molecule has 0 atom stereocenters. The number of alkyl halides is 3. The number of esters is 1. The Bertz CT molecular complexity index is 1310. The average Bonchev–Trinajstić information content (AvgIpc) is 3.49. The lowest BCUT2D eigenvalue weighted by atomic mass is 9.95. The molecule has 1 amide bonds. The van der Waals surface area contributed by atoms with Crippen LogP contribution >= 0.6 is 22.7 Å². The number of nitrogens with two attached hydrogens (primary N) is 1. The van der Waals surface area contributed by atoms with Crippen LogP contribution in [0.15, 0.2) is 6.07 Å². The number of carbonyl (C=O) groups excluding carboxylic acids is 2. The number of nitrogens with one attached hydrogen (secondary N) is 1. The number of nitrogen functional groups attached to an aromatic ring is 1. The van der Waals surface area contributed by atoms with Gasteiger partial charge in [-0.25, -0.2) is 9.78 Å². The first-order valence-corrected chi connectivity index (χ1v) is 12.8. The quantitative estimate of drug-likeness (QED) is 0.403. The average molecular weight is 510 g/mol. The first kappa shape index (κ1) is 23.1. The number of fused-ring (bicyclic) bond motifs is 2. The summed E-state index contributed by atoms with van der Waals surface area (Å²) in [5.41, 5.74) is 6.57. The van der Waals surface area contributed by atoms with Crippen LogP contribution < -0.4 is 11.1 Å². The largest absolute Gasteiger partial charge is 0.462 e. The summed E-state index contributed by atoms with van der Waals surface area (Å²) in [6.07, 6.45) is 0.397. The topological polar surface area (TPSA) is 94.3 Å². The number of thiophene rings is 2. The number of amides is 1. The van der Waals surface area contributed by atoms with Gasteiger partial charge in [-0.2, -0.15) is 13.2 Å². The second-order valence-electron chi connectivity index (χ2n) is 8.48. The fourth-order valence-electron chi connectivity index (χ4n) is 4.35. The third-order valence-corrected chi connectivity index (χ3v) is 8.41. The van der Waals surface area contributed by atoms with Crippen molar-refractivity contribution in [3.63, 3.8) is 0 Å². The van der Waals surface area contributed by atoms with Gasteiger partial charge in [0, 0.05) is 21.9 Å². The van der Waals surface area contributed by atoms with Gasteiger partial charge in [0.2, 0.25) is 0 Å². The molecule has 0 spiro atoms. The highest BCUT2D eigenvalue weighted by Gasteiger charge is 2.38. The van der Waals surface area contributed by atoms with Crippen molar-refractivity contribution in [2.45, 2.75) is 57.5 Å². The van der Waals surface area contributed by atoms with Gasteiger partial charge in [0.1, 0.15) is 14.7 Å². The monoisotopic (exact) mass is 509 g/mol. The second kappa shape index (κ2) is 8.53. The SMILES string of the molecule is CCOC(=O)c1c(NC(=O)c2sc3nc(C4CC4)cc(C(F)(F)F)c3c2N)sc2c1CCCC2. The Morgan fingerprint density at radius 1 is 1.24 bits per heavy atom. The lowest BCUT2D eigenvalue weighted by molar-refractivity contribution is -0.136. The predicted octanol–water partition coefficient (Wildman–Crippen LogP) is 6.14. The number of carbonyl (C=O) groups is 2. The number of aromatic nitrogens is 1. The molecule has 2 aliphatic rings. The van der Waals surface area contributed by atoms with Gasteiger partial charge in [-0.3, -0.25) is 4.79 Å². The molecule has 3 aromatic heterocycles. The van der Waals surface area contributed by atoms with Gasteiger partial charge in [-0.1, -0.05) is 0 Å². The van der Waals surface area contributed by atoms with Crippen LogP contribution in [-0.2, 0) is 23.8 Å². The lowest BCUT2D eigenvalue weighted by Gasteiger charge is -2.12. The predicted molar refractivity (Wildman–Crippen MR) is 126 cm³/mol. The molecule has 3 aromatic rings. The summed E-state index contributed by atoms with van der Waals surface area (Å²) >= 11 is 2.15. The number of hydrogen-bond acceptors (Lipinski definition) is 7. The van der Waals surface area contributed by atoms with E-state index >= 15 is 0 Å². The highest BCUT2D eigenvalue weighted by atomic mass is 32.1. The van der Waals surface area contributed by atoms with Gasteiger partial charge < -0.3 is 15.8 Å². The molecule has 0 radical (unpaired) electrons. The summed E-state index contributed by atoms with van der Waals surface area (Å²) in [5, 5.41) is 2.83. The third kappa shape index (κ3) is 4.04. The number of hydrogen-bond donors (Lipinski definition) is 2. The highest BCUT2D eigenvalue weighted by Crippen LogP contribution is 2.47. The number of halogens is 3. The molecule has 0 aliphatic heterocycles. The van der Waals surface area contributed by atoms with E-state index in [0.717, 1.165) is 59.9 Å². The van der Waals surface area contributed by atoms with Crippen molar-refractivity contribution in [2.24, 2.45) is 0 Å². The number of nitrogens with zero attached hydrogens (tertiary/aromatic N) is 1. The van der Waals surface area contributed by atoms with E-state index in [2.05, 4.69) is 10.3 Å². The van der Waals surface area contributed by atoms with E-state index < -0.39 is 23.6 Å². The van der Waals surface area contributed by atoms with Crippen LogP contribution in [-0.4, -0.2) is 23.5 Å². The Kier molecular flexibility index (Phi) is 5.79. The standard InChI is InChI=1S/C23H22F3N3O3S2/c1-2-32-22(31)15-11-5-3-4-6-14(11)33-20(15)29-19(30)18-17(27)16-12(23(24,25)26)9-13(10-7-8-10)28-21(16)34-18/h9-10H,2-8,27H2,1H3,(H,29,30). The van der Waals surface area contributed by atoms with E-state index in [4.69, 9.17) is 10.5 Å². The molecule has 0 aromatic carbocycles. The van der Waals surface area contributed by atoms with Crippen LogP contribution in [0.5, 0.6) is 0 Å². The number of ether oxygens (including phenoxy) is 1. The van der Waals surface area contributed by atoms with Crippen LogP contribution in [0.25, 0.3) is 10.2 Å². The van der Waals surface area contributed by atoms with Gasteiger partial charge in [-0.05, 0) is 57.1 Å². The molecule has 3 heterocycles. The van der Waals surface area contributed by atoms with Gasteiger partial charge >= 0.3 is 12.1 Å². The summed E-state index contributed by atoms with van der Waals surface area (Å²) in [6, 6.07) is 1.05. The normalized spacial score (nSPS) is 15.9. The molecule has 34 heavy (non-hydrogen) atoms. The van der Waals surface area contributed by atoms with Crippen LogP contribution in [0.4, 0.5) is 23.9 Å². The Morgan fingerprint density at radius 3 is 2.65 bits per heavy atom. The minimum absolute atomic E-state index is 0.00989. The highest BCUT2D eigenvalue weighted by molar-refractivity contribution is 7.21. The molecule has 2 aliphatic carbocycles. The van der Waals surface area contributed by atoms with Crippen molar-refractivity contribution >= 4 is 55.5 Å². The van der Waals surface area contributed by atoms with Gasteiger partial charge in [-0.15, -0.1) is 22.7 Å². The maximum Gasteiger partial charge on any atom is 0.417 e. The molecular formula is C23H22F3N3O3S2. The van der Waals surface area contributed by atoms with Gasteiger partial charge in [0.15, 0.2) is 0 Å². The first-order chi connectivity index (χ1) is 16.2. The number of anilines is 2. The third-order valence-electron chi connectivity index (χ3n) is 6.10. The summed E-state index contributed by atoms with van der Waals surface area (Å²) in [7, 11) is 0. The zero-order valence-corrected chi connectivity index (χ0v) is 19.9. The fourth-order valence-corrected chi connectivity index (χ4v) is 6.65. The van der Waals surface area contributed by atoms with Crippen molar-refractivity contribution in [1.29, 1.82) is 0 Å². The van der Waals surface area contributed by atoms with E-state index in [9.17, 15) is 22.8 Å². The van der Waals surface area contributed by atoms with Crippen LogP contribution in [0, 0.1) is 0 Å². The summed E-state index contributed by atoms with van der Waals surface area (Å²) < 4.78 is 46.7. The molecular weight excluding hydrogens is 487 g/mol. The molecule has 0 saturated heterocycles. The molecule has 1 saturated carbocycles. The maximum absolute atomic E-state index is 13.8. The Labute approximate surface area is 201 Å². The van der Waals surface area contributed by atoms with E-state index in [1.807, 2.05) is 0 Å². The van der Waals surface area contributed by atoms with Crippen molar-refractivity contribution in [3.05, 3.63) is 38.2 Å². The molecule has 11 heteroatoms. The Morgan fingerprint density at radius 2 is 1.97 bits per heavy atom. The maximum atomic E-state index is 13.8. The summed E-state index contributed by atoms with van der Waals surface area (Å²) in [4.78, 5) is 31.3. The van der Waals surface area contributed by atoms with Crippen LogP contribution in [0.3, 0.4) is 0 Å². The summed E-state index contributed by atoms with van der Waals surface area (Å²) in [5.74, 6) is -1.17. The van der Waals surface area contributed by atoms with Crippen LogP contribution in [0.2, 0.25) is 0 Å². The zero-order valence-electron chi connectivity index (χ0n) is 18.3. The fraction of sp³-hybridized carbons (Fsp3) is 0.435. The van der Waals surface area contributed by atoms with Gasteiger partial charge in [0.05, 0.1) is 23.4 Å². The van der Waals surface area contributed by atoms with Gasteiger partial charge in [0.25, 0.3) is 5.91 Å². The number of aryl methyl sites for hydroxylation is 1. The molecule has 0 unspecified atom stereocenters. The summed E-state index contributed by atoms with van der Waals surface area (Å²) in [6.45, 7) is 1.89. The Hall–Kier alpha value is -2.66. The molecule has 5 rings (SSSR count). The zero-order chi connectivity index (χ0) is 24.2. The van der Waals surface area contributed by atoms with E-state index in [1.54, 1.807) is 6.92 Å². The lowest BCUT2D eigenvalue weighted by Crippen LogP contribution is -2.16. The van der Waals surface area contributed by atoms with Crippen molar-refractivity contribution < 1.29 is 27.5 Å². The smallest absolute Gasteiger partial charge is 0.417 e. The van der Waals surface area contributed by atoms with Crippen molar-refractivity contribution in [3.8, 4) is 0 Å². The van der Waals surface area contributed by atoms with E-state index in [1.165, 1.54) is 11.3 Å². The molecule has 3 N–H and O–H groups in total. The number of rotatable bonds is 5. The second-order valence-corrected chi connectivity index (χ2v) is 10.6. The van der Waals surface area contributed by atoms with Crippen molar-refractivity contribution in [2.75, 3.05) is 17.7 Å². The van der Waals surface area contributed by atoms with E-state index in [-0.39, 0.29) is 33.3 Å².